The molecule has 1 saturated carbocycles. The summed E-state index contributed by atoms with van der Waals surface area (Å²) < 4.78 is 5.03. The number of anilines is 2. The van der Waals surface area contributed by atoms with Gasteiger partial charge in [0, 0.05) is 5.69 Å². The normalized spacial score (nSPS) is 17.5. The molecule has 1 aliphatic carbocycles. The lowest BCUT2D eigenvalue weighted by atomic mass is 10.0. The summed E-state index contributed by atoms with van der Waals surface area (Å²) in [5.74, 6) is -1.40. The summed E-state index contributed by atoms with van der Waals surface area (Å²) in [7, 11) is 0. The maximum absolute atomic E-state index is 12.6. The molecule has 0 radical (unpaired) electrons. The van der Waals surface area contributed by atoms with Crippen molar-refractivity contribution in [1.29, 1.82) is 0 Å². The van der Waals surface area contributed by atoms with Gasteiger partial charge in [-0.05, 0) is 43.0 Å². The Morgan fingerprint density at radius 3 is 2.10 bits per heavy atom. The number of hydrogen-bond acceptors (Lipinski definition) is 4. The van der Waals surface area contributed by atoms with Crippen LogP contribution in [0.2, 0.25) is 0 Å². The van der Waals surface area contributed by atoms with Gasteiger partial charge in [0.1, 0.15) is 0 Å². The van der Waals surface area contributed by atoms with Crippen LogP contribution in [0.15, 0.2) is 48.5 Å². The third kappa shape index (κ3) is 4.83. The van der Waals surface area contributed by atoms with Crippen molar-refractivity contribution in [3.63, 3.8) is 0 Å². The Labute approximate surface area is 170 Å². The third-order valence-corrected chi connectivity index (χ3v) is 4.98. The molecule has 0 spiro atoms. The molecular weight excluding hydrogens is 368 g/mol. The molecule has 0 bridgehead atoms. The standard InChI is InChI=1S/C23H26N2O4/c1-4-29-23(28)16-10-6-8-12-20(16)25-22(27)18-13-17(18)21(26)24-19-11-7-5-9-15(19)14(2)3/h5-12,14,17-18H,4,13H2,1-3H3,(H,24,26)(H,25,27). The van der Waals surface area contributed by atoms with E-state index in [0.717, 1.165) is 11.3 Å². The molecule has 2 aromatic rings. The number of carbonyl (C=O) groups is 3. The molecule has 29 heavy (non-hydrogen) atoms. The molecule has 2 unspecified atom stereocenters. The van der Waals surface area contributed by atoms with Crippen LogP contribution in [0.3, 0.4) is 0 Å². The van der Waals surface area contributed by atoms with Crippen molar-refractivity contribution >= 4 is 29.2 Å². The summed E-state index contributed by atoms with van der Waals surface area (Å²) in [6.45, 7) is 6.12. The number of nitrogens with one attached hydrogen (secondary N) is 2. The summed E-state index contributed by atoms with van der Waals surface area (Å²) in [4.78, 5) is 37.3. The van der Waals surface area contributed by atoms with Gasteiger partial charge < -0.3 is 15.4 Å². The van der Waals surface area contributed by atoms with Gasteiger partial charge in [0.2, 0.25) is 11.8 Å². The lowest BCUT2D eigenvalue weighted by Crippen LogP contribution is -2.22. The van der Waals surface area contributed by atoms with Crippen LogP contribution in [-0.4, -0.2) is 24.4 Å². The van der Waals surface area contributed by atoms with E-state index in [1.807, 2.05) is 24.3 Å². The fourth-order valence-corrected chi connectivity index (χ4v) is 3.32. The summed E-state index contributed by atoms with van der Waals surface area (Å²) in [5.41, 5.74) is 2.54. The van der Waals surface area contributed by atoms with E-state index in [1.54, 1.807) is 31.2 Å². The van der Waals surface area contributed by atoms with Gasteiger partial charge in [-0.15, -0.1) is 0 Å². The third-order valence-electron chi connectivity index (χ3n) is 4.98. The summed E-state index contributed by atoms with van der Waals surface area (Å²) in [6.07, 6.45) is 0.489. The van der Waals surface area contributed by atoms with Crippen LogP contribution in [-0.2, 0) is 14.3 Å². The minimum atomic E-state index is -0.487. The lowest BCUT2D eigenvalue weighted by Gasteiger charge is -2.13. The molecule has 152 valence electrons. The first-order chi connectivity index (χ1) is 13.9. The average Bonchev–Trinajstić information content (AvgIpc) is 3.50. The highest BCUT2D eigenvalue weighted by molar-refractivity contribution is 6.06. The molecule has 0 saturated heterocycles. The number of carbonyl (C=O) groups excluding carboxylic acids is 3. The molecule has 2 aromatic carbocycles. The fourth-order valence-electron chi connectivity index (χ4n) is 3.32. The smallest absolute Gasteiger partial charge is 0.340 e. The van der Waals surface area contributed by atoms with Crippen molar-refractivity contribution in [2.45, 2.75) is 33.1 Å². The number of hydrogen-bond donors (Lipinski definition) is 2. The molecule has 0 heterocycles. The minimum absolute atomic E-state index is 0.156. The highest BCUT2D eigenvalue weighted by atomic mass is 16.5. The Morgan fingerprint density at radius 2 is 1.48 bits per heavy atom. The van der Waals surface area contributed by atoms with Crippen LogP contribution in [0.5, 0.6) is 0 Å². The molecule has 0 aliphatic heterocycles. The second kappa shape index (κ2) is 8.90. The van der Waals surface area contributed by atoms with E-state index in [4.69, 9.17) is 4.74 Å². The number of para-hydroxylation sites is 2. The zero-order valence-corrected chi connectivity index (χ0v) is 16.9. The Kier molecular flexibility index (Phi) is 6.32. The highest BCUT2D eigenvalue weighted by Crippen LogP contribution is 2.41. The Bertz CT molecular complexity index is 923. The second-order valence-corrected chi connectivity index (χ2v) is 7.44. The van der Waals surface area contributed by atoms with Crippen LogP contribution in [0, 0.1) is 11.8 Å². The molecular formula is C23H26N2O4. The van der Waals surface area contributed by atoms with E-state index < -0.39 is 11.9 Å². The topological polar surface area (TPSA) is 84.5 Å². The summed E-state index contributed by atoms with van der Waals surface area (Å²) >= 11 is 0. The largest absolute Gasteiger partial charge is 0.462 e. The number of rotatable bonds is 7. The maximum Gasteiger partial charge on any atom is 0.340 e. The second-order valence-electron chi connectivity index (χ2n) is 7.44. The zero-order valence-electron chi connectivity index (χ0n) is 16.9. The minimum Gasteiger partial charge on any atom is -0.462 e. The molecule has 2 N–H and O–H groups in total. The number of ether oxygens (including phenoxy) is 1. The maximum atomic E-state index is 12.6. The van der Waals surface area contributed by atoms with Crippen LogP contribution < -0.4 is 10.6 Å². The number of esters is 1. The Hall–Kier alpha value is -3.15. The van der Waals surface area contributed by atoms with Crippen LogP contribution in [0.25, 0.3) is 0 Å². The predicted molar refractivity (Wildman–Crippen MR) is 112 cm³/mol. The Balaban J connectivity index is 1.63. The van der Waals surface area contributed by atoms with E-state index in [-0.39, 0.29) is 30.3 Å². The molecule has 3 rings (SSSR count). The molecule has 1 aliphatic rings. The average molecular weight is 394 g/mol. The van der Waals surface area contributed by atoms with E-state index in [1.165, 1.54) is 0 Å². The fraction of sp³-hybridized carbons (Fsp3) is 0.348. The summed E-state index contributed by atoms with van der Waals surface area (Å²) in [6, 6.07) is 14.4. The first-order valence-corrected chi connectivity index (χ1v) is 9.89. The monoisotopic (exact) mass is 394 g/mol. The molecule has 2 atom stereocenters. The van der Waals surface area contributed by atoms with Crippen LogP contribution in [0.1, 0.15) is 49.0 Å². The van der Waals surface area contributed by atoms with Crippen molar-refractivity contribution < 1.29 is 19.1 Å². The van der Waals surface area contributed by atoms with E-state index in [0.29, 0.717) is 17.7 Å². The van der Waals surface area contributed by atoms with Crippen molar-refractivity contribution in [2.75, 3.05) is 17.2 Å². The molecule has 0 aromatic heterocycles. The van der Waals surface area contributed by atoms with E-state index >= 15 is 0 Å². The van der Waals surface area contributed by atoms with Crippen LogP contribution in [0.4, 0.5) is 11.4 Å². The predicted octanol–water partition coefficient (Wildman–Crippen LogP) is 4.20. The first kappa shape index (κ1) is 20.6. The lowest BCUT2D eigenvalue weighted by molar-refractivity contribution is -0.122. The van der Waals surface area contributed by atoms with Crippen molar-refractivity contribution in [1.82, 2.24) is 0 Å². The van der Waals surface area contributed by atoms with Crippen molar-refractivity contribution in [2.24, 2.45) is 11.8 Å². The van der Waals surface area contributed by atoms with Gasteiger partial charge in [-0.3, -0.25) is 9.59 Å². The van der Waals surface area contributed by atoms with Crippen molar-refractivity contribution in [3.8, 4) is 0 Å². The molecule has 2 amide bonds. The van der Waals surface area contributed by atoms with Gasteiger partial charge >= 0.3 is 5.97 Å². The SMILES string of the molecule is CCOC(=O)c1ccccc1NC(=O)C1CC1C(=O)Nc1ccccc1C(C)C. The van der Waals surface area contributed by atoms with Gasteiger partial charge in [0.15, 0.2) is 0 Å². The van der Waals surface area contributed by atoms with Crippen LogP contribution >= 0.6 is 0 Å². The first-order valence-electron chi connectivity index (χ1n) is 9.89. The highest BCUT2D eigenvalue weighted by Gasteiger charge is 2.48. The van der Waals surface area contributed by atoms with Gasteiger partial charge in [-0.25, -0.2) is 4.79 Å². The van der Waals surface area contributed by atoms with Gasteiger partial charge in [-0.1, -0.05) is 44.2 Å². The van der Waals surface area contributed by atoms with Gasteiger partial charge in [0.25, 0.3) is 0 Å². The van der Waals surface area contributed by atoms with Gasteiger partial charge in [0.05, 0.1) is 29.7 Å². The zero-order chi connectivity index (χ0) is 21.0. The molecule has 6 nitrogen and oxygen atoms in total. The van der Waals surface area contributed by atoms with Gasteiger partial charge in [-0.2, -0.15) is 0 Å². The van der Waals surface area contributed by atoms with E-state index in [2.05, 4.69) is 24.5 Å². The molecule has 6 heteroatoms. The molecule has 1 fully saturated rings. The van der Waals surface area contributed by atoms with E-state index in [9.17, 15) is 14.4 Å². The Morgan fingerprint density at radius 1 is 0.931 bits per heavy atom. The van der Waals surface area contributed by atoms with Crippen molar-refractivity contribution in [3.05, 3.63) is 59.7 Å². The number of amides is 2. The number of benzene rings is 2. The quantitative estimate of drug-likeness (QED) is 0.690. The summed E-state index contributed by atoms with van der Waals surface area (Å²) in [5, 5.41) is 5.73.